The monoisotopic (exact) mass is 329 g/mol. The number of anilines is 2. The molecule has 0 aliphatic carbocycles. The molecule has 25 heavy (non-hydrogen) atoms. The van der Waals surface area contributed by atoms with Gasteiger partial charge in [0.2, 0.25) is 5.89 Å². The Kier molecular flexibility index (Phi) is 3.67. The fourth-order valence-corrected chi connectivity index (χ4v) is 2.54. The first-order valence-corrected chi connectivity index (χ1v) is 7.82. The van der Waals surface area contributed by atoms with E-state index in [1.807, 2.05) is 36.4 Å². The first-order valence-electron chi connectivity index (χ1n) is 7.82. The fourth-order valence-electron chi connectivity index (χ4n) is 2.54. The second-order valence-electron chi connectivity index (χ2n) is 5.64. The number of rotatable bonds is 3. The van der Waals surface area contributed by atoms with Gasteiger partial charge in [0.1, 0.15) is 5.52 Å². The highest BCUT2D eigenvalue weighted by Crippen LogP contribution is 2.26. The maximum absolute atomic E-state index is 12.3. The van der Waals surface area contributed by atoms with E-state index in [0.29, 0.717) is 28.4 Å². The van der Waals surface area contributed by atoms with E-state index in [9.17, 15) is 4.79 Å². The summed E-state index contributed by atoms with van der Waals surface area (Å²) >= 11 is 0. The van der Waals surface area contributed by atoms with Crippen molar-refractivity contribution in [2.24, 2.45) is 0 Å². The van der Waals surface area contributed by atoms with Crippen molar-refractivity contribution < 1.29 is 9.21 Å². The summed E-state index contributed by atoms with van der Waals surface area (Å²) in [5.41, 5.74) is 9.71. The van der Waals surface area contributed by atoms with Gasteiger partial charge in [0.05, 0.1) is 0 Å². The van der Waals surface area contributed by atoms with Crippen molar-refractivity contribution in [1.82, 2.24) is 4.98 Å². The summed E-state index contributed by atoms with van der Waals surface area (Å²) in [6.07, 6.45) is 0. The van der Waals surface area contributed by atoms with Gasteiger partial charge in [-0.05, 0) is 48.5 Å². The van der Waals surface area contributed by atoms with Crippen LogP contribution in [0.15, 0.2) is 77.2 Å². The third-order valence-corrected chi connectivity index (χ3v) is 3.84. The van der Waals surface area contributed by atoms with Crippen LogP contribution in [0, 0.1) is 0 Å². The number of benzene rings is 3. The minimum Gasteiger partial charge on any atom is -0.436 e. The van der Waals surface area contributed by atoms with E-state index in [-0.39, 0.29) is 5.91 Å². The summed E-state index contributed by atoms with van der Waals surface area (Å²) in [6, 6.07) is 21.8. The molecule has 5 heteroatoms. The Balaban J connectivity index is 1.61. The molecule has 4 rings (SSSR count). The van der Waals surface area contributed by atoms with Crippen molar-refractivity contribution in [2.45, 2.75) is 0 Å². The van der Waals surface area contributed by atoms with Gasteiger partial charge in [0.25, 0.3) is 5.91 Å². The first kappa shape index (κ1) is 15.0. The van der Waals surface area contributed by atoms with Crippen molar-refractivity contribution in [3.8, 4) is 11.5 Å². The standard InChI is InChI=1S/C20H15N3O2/c21-15-8-6-13(7-9-15)19(24)22-16-10-11-17-18(12-16)25-20(23-17)14-4-2-1-3-5-14/h1-12H,21H2,(H,22,24). The number of fused-ring (bicyclic) bond motifs is 1. The average molecular weight is 329 g/mol. The zero-order valence-electron chi connectivity index (χ0n) is 13.3. The molecule has 5 nitrogen and oxygen atoms in total. The van der Waals surface area contributed by atoms with Gasteiger partial charge in [0.15, 0.2) is 5.58 Å². The molecule has 0 saturated carbocycles. The average Bonchev–Trinajstić information content (AvgIpc) is 3.06. The predicted molar refractivity (Wildman–Crippen MR) is 98.3 cm³/mol. The Labute approximate surface area is 144 Å². The number of hydrogen-bond donors (Lipinski definition) is 2. The second-order valence-corrected chi connectivity index (χ2v) is 5.64. The topological polar surface area (TPSA) is 81.2 Å². The lowest BCUT2D eigenvalue weighted by Crippen LogP contribution is -2.11. The minimum absolute atomic E-state index is 0.206. The molecular formula is C20H15N3O2. The zero-order chi connectivity index (χ0) is 17.2. The van der Waals surface area contributed by atoms with Crippen molar-refractivity contribution in [2.75, 3.05) is 11.1 Å². The summed E-state index contributed by atoms with van der Waals surface area (Å²) < 4.78 is 5.82. The Hall–Kier alpha value is -3.60. The molecule has 4 aromatic rings. The minimum atomic E-state index is -0.206. The summed E-state index contributed by atoms with van der Waals surface area (Å²) in [5, 5.41) is 2.85. The quantitative estimate of drug-likeness (QED) is 0.548. The lowest BCUT2D eigenvalue weighted by Gasteiger charge is -2.05. The third kappa shape index (κ3) is 3.07. The Morgan fingerprint density at radius 1 is 0.960 bits per heavy atom. The lowest BCUT2D eigenvalue weighted by atomic mass is 10.2. The number of nitrogens with zero attached hydrogens (tertiary/aromatic N) is 1. The van der Waals surface area contributed by atoms with Crippen LogP contribution in [0.5, 0.6) is 0 Å². The number of nitrogens with two attached hydrogens (primary N) is 1. The molecule has 1 heterocycles. The van der Waals surface area contributed by atoms with Crippen LogP contribution in [0.2, 0.25) is 0 Å². The molecule has 0 spiro atoms. The van der Waals surface area contributed by atoms with Gasteiger partial charge in [-0.2, -0.15) is 0 Å². The fraction of sp³-hybridized carbons (Fsp3) is 0. The van der Waals surface area contributed by atoms with Gasteiger partial charge in [-0.15, -0.1) is 0 Å². The highest BCUT2D eigenvalue weighted by molar-refractivity contribution is 6.05. The van der Waals surface area contributed by atoms with Crippen LogP contribution < -0.4 is 11.1 Å². The van der Waals surface area contributed by atoms with Crippen LogP contribution >= 0.6 is 0 Å². The molecule has 0 atom stereocenters. The number of aromatic nitrogens is 1. The first-order chi connectivity index (χ1) is 12.2. The highest BCUT2D eigenvalue weighted by atomic mass is 16.3. The molecule has 3 N–H and O–H groups in total. The normalized spacial score (nSPS) is 10.7. The van der Waals surface area contributed by atoms with E-state index in [4.69, 9.17) is 10.2 Å². The highest BCUT2D eigenvalue weighted by Gasteiger charge is 2.10. The summed E-state index contributed by atoms with van der Waals surface area (Å²) in [6.45, 7) is 0. The van der Waals surface area contributed by atoms with Crippen molar-refractivity contribution in [1.29, 1.82) is 0 Å². The summed E-state index contributed by atoms with van der Waals surface area (Å²) in [5.74, 6) is 0.347. The number of carbonyl (C=O) groups excluding carboxylic acids is 1. The van der Waals surface area contributed by atoms with Gasteiger partial charge in [-0.1, -0.05) is 18.2 Å². The zero-order valence-corrected chi connectivity index (χ0v) is 13.3. The van der Waals surface area contributed by atoms with E-state index < -0.39 is 0 Å². The van der Waals surface area contributed by atoms with Gasteiger partial charge in [-0.25, -0.2) is 4.98 Å². The number of oxazole rings is 1. The number of carbonyl (C=O) groups is 1. The Bertz CT molecular complexity index is 1040. The molecule has 0 fully saturated rings. The van der Waals surface area contributed by atoms with Crippen LogP contribution in [0.4, 0.5) is 11.4 Å². The second kappa shape index (κ2) is 6.13. The molecule has 3 aromatic carbocycles. The van der Waals surface area contributed by atoms with E-state index in [1.165, 1.54) is 0 Å². The van der Waals surface area contributed by atoms with Crippen LogP contribution in [0.25, 0.3) is 22.6 Å². The van der Waals surface area contributed by atoms with E-state index in [0.717, 1.165) is 11.1 Å². The van der Waals surface area contributed by atoms with Gasteiger partial charge >= 0.3 is 0 Å². The number of nitrogen functional groups attached to an aromatic ring is 1. The molecule has 0 saturated heterocycles. The van der Waals surface area contributed by atoms with Crippen LogP contribution in [0.3, 0.4) is 0 Å². The largest absolute Gasteiger partial charge is 0.436 e. The van der Waals surface area contributed by atoms with Gasteiger partial charge < -0.3 is 15.5 Å². The molecular weight excluding hydrogens is 314 g/mol. The number of amides is 1. The molecule has 0 radical (unpaired) electrons. The lowest BCUT2D eigenvalue weighted by molar-refractivity contribution is 0.102. The molecule has 0 unspecified atom stereocenters. The SMILES string of the molecule is Nc1ccc(C(=O)Nc2ccc3nc(-c4ccccc4)oc3c2)cc1. The Morgan fingerprint density at radius 2 is 1.72 bits per heavy atom. The summed E-state index contributed by atoms with van der Waals surface area (Å²) in [7, 11) is 0. The maximum atomic E-state index is 12.3. The molecule has 0 aliphatic rings. The van der Waals surface area contributed by atoms with Crippen LogP contribution in [0.1, 0.15) is 10.4 Å². The van der Waals surface area contributed by atoms with Crippen molar-refractivity contribution in [3.05, 3.63) is 78.4 Å². The molecule has 122 valence electrons. The van der Waals surface area contributed by atoms with Gasteiger partial charge in [-0.3, -0.25) is 4.79 Å². The van der Waals surface area contributed by atoms with Crippen molar-refractivity contribution in [3.63, 3.8) is 0 Å². The molecule has 1 aromatic heterocycles. The molecule has 0 aliphatic heterocycles. The predicted octanol–water partition coefficient (Wildman–Crippen LogP) is 4.33. The van der Waals surface area contributed by atoms with Gasteiger partial charge in [0, 0.05) is 28.6 Å². The number of hydrogen-bond acceptors (Lipinski definition) is 4. The smallest absolute Gasteiger partial charge is 0.255 e. The summed E-state index contributed by atoms with van der Waals surface area (Å²) in [4.78, 5) is 16.8. The molecule has 1 amide bonds. The van der Waals surface area contributed by atoms with E-state index in [1.54, 1.807) is 36.4 Å². The third-order valence-electron chi connectivity index (χ3n) is 3.84. The van der Waals surface area contributed by atoms with Crippen LogP contribution in [-0.4, -0.2) is 10.9 Å². The maximum Gasteiger partial charge on any atom is 0.255 e. The van der Waals surface area contributed by atoms with E-state index >= 15 is 0 Å². The Morgan fingerprint density at radius 3 is 2.48 bits per heavy atom. The van der Waals surface area contributed by atoms with Crippen LogP contribution in [-0.2, 0) is 0 Å². The number of nitrogens with one attached hydrogen (secondary N) is 1. The van der Waals surface area contributed by atoms with Crippen molar-refractivity contribution >= 4 is 28.4 Å². The molecule has 0 bridgehead atoms. The van der Waals surface area contributed by atoms with E-state index in [2.05, 4.69) is 10.3 Å².